The molecule has 0 spiro atoms. The smallest absolute Gasteiger partial charge is 0.248 e. The number of carbonyl (C=O) groups is 1. The summed E-state index contributed by atoms with van der Waals surface area (Å²) in [6.45, 7) is 0. The zero-order valence-electron chi connectivity index (χ0n) is 6.04. The fraction of sp³-hybridized carbons (Fsp3) is 0. The summed E-state index contributed by atoms with van der Waals surface area (Å²) in [4.78, 5) is 10.7. The number of primary amides is 1. The first-order chi connectivity index (χ1) is 5.65. The van der Waals surface area contributed by atoms with E-state index in [2.05, 4.69) is 15.9 Å². The quantitative estimate of drug-likeness (QED) is 0.785. The molecule has 0 bridgehead atoms. The molecule has 0 fully saturated rings. The van der Waals surface area contributed by atoms with Crippen molar-refractivity contribution in [2.45, 2.75) is 0 Å². The molecule has 0 aliphatic heterocycles. The minimum atomic E-state index is -0.529. The predicted octanol–water partition coefficient (Wildman–Crippen LogP) is 1.42. The summed E-state index contributed by atoms with van der Waals surface area (Å²) in [5.74, 6) is -0.529. The van der Waals surface area contributed by atoms with Gasteiger partial charge in [-0.15, -0.1) is 0 Å². The maximum absolute atomic E-state index is 10.7. The van der Waals surface area contributed by atoms with Crippen LogP contribution in [0.3, 0.4) is 0 Å². The highest BCUT2D eigenvalue weighted by Crippen LogP contribution is 2.16. The van der Waals surface area contributed by atoms with Crippen LogP contribution >= 0.6 is 15.9 Å². The summed E-state index contributed by atoms with van der Waals surface area (Å²) in [6.07, 6.45) is 0. The fourth-order valence-electron chi connectivity index (χ4n) is 0.764. The van der Waals surface area contributed by atoms with Crippen LogP contribution in [-0.2, 0) is 0 Å². The van der Waals surface area contributed by atoms with Crippen molar-refractivity contribution in [2.24, 2.45) is 5.73 Å². The summed E-state index contributed by atoms with van der Waals surface area (Å²) in [6, 6.07) is 6.57. The molecule has 1 aromatic rings. The average molecular weight is 225 g/mol. The number of nitrogens with zero attached hydrogens (tertiary/aromatic N) is 1. The summed E-state index contributed by atoms with van der Waals surface area (Å²) in [5.41, 5.74) is 5.77. The number of halogens is 1. The number of nitrogens with two attached hydrogens (primary N) is 1. The zero-order chi connectivity index (χ0) is 9.14. The molecular formula is C8H5BrN2O. The third kappa shape index (κ3) is 1.63. The Balaban J connectivity index is 3.25. The fourth-order valence-corrected chi connectivity index (χ4v) is 1.10. The van der Waals surface area contributed by atoms with Crippen molar-refractivity contribution >= 4 is 21.8 Å². The second kappa shape index (κ2) is 3.37. The molecule has 0 aliphatic rings. The van der Waals surface area contributed by atoms with E-state index < -0.39 is 5.91 Å². The van der Waals surface area contributed by atoms with Gasteiger partial charge in [0, 0.05) is 10.0 Å². The number of rotatable bonds is 1. The molecule has 1 rings (SSSR count). The molecule has 0 atom stereocenters. The van der Waals surface area contributed by atoms with Gasteiger partial charge in [0.1, 0.15) is 6.07 Å². The van der Waals surface area contributed by atoms with E-state index in [0.29, 0.717) is 15.6 Å². The molecule has 12 heavy (non-hydrogen) atoms. The highest BCUT2D eigenvalue weighted by atomic mass is 79.9. The molecule has 1 amide bonds. The number of benzene rings is 1. The Bertz CT molecular complexity index is 368. The van der Waals surface area contributed by atoms with Crippen LogP contribution in [0.1, 0.15) is 15.9 Å². The zero-order valence-corrected chi connectivity index (χ0v) is 7.63. The Hall–Kier alpha value is -1.34. The normalized spacial score (nSPS) is 9.00. The maximum Gasteiger partial charge on any atom is 0.248 e. The first kappa shape index (κ1) is 8.75. The van der Waals surface area contributed by atoms with Crippen molar-refractivity contribution in [1.82, 2.24) is 0 Å². The SMILES string of the molecule is N#Cc1cc(C(N)=O)ccc1Br. The largest absolute Gasteiger partial charge is 0.366 e. The Morgan fingerprint density at radius 3 is 2.75 bits per heavy atom. The Morgan fingerprint density at radius 2 is 2.25 bits per heavy atom. The molecule has 60 valence electrons. The van der Waals surface area contributed by atoms with E-state index in [4.69, 9.17) is 11.0 Å². The van der Waals surface area contributed by atoms with Gasteiger partial charge in [-0.05, 0) is 34.1 Å². The van der Waals surface area contributed by atoms with E-state index in [9.17, 15) is 4.79 Å². The lowest BCUT2D eigenvalue weighted by Crippen LogP contribution is -2.10. The van der Waals surface area contributed by atoms with Gasteiger partial charge < -0.3 is 5.73 Å². The van der Waals surface area contributed by atoms with E-state index in [0.717, 1.165) is 0 Å². The summed E-state index contributed by atoms with van der Waals surface area (Å²) >= 11 is 3.17. The molecule has 0 aromatic heterocycles. The van der Waals surface area contributed by atoms with E-state index in [-0.39, 0.29) is 0 Å². The molecule has 0 heterocycles. The number of hydrogen-bond donors (Lipinski definition) is 1. The van der Waals surface area contributed by atoms with E-state index >= 15 is 0 Å². The molecule has 0 saturated carbocycles. The van der Waals surface area contributed by atoms with Gasteiger partial charge in [-0.2, -0.15) is 5.26 Å². The second-order valence-corrected chi connectivity index (χ2v) is 3.03. The average Bonchev–Trinajstić information content (AvgIpc) is 2.05. The molecule has 1 aromatic carbocycles. The molecule has 0 radical (unpaired) electrons. The van der Waals surface area contributed by atoms with Crippen molar-refractivity contribution < 1.29 is 4.79 Å². The number of amides is 1. The van der Waals surface area contributed by atoms with Crippen LogP contribution < -0.4 is 5.73 Å². The topological polar surface area (TPSA) is 66.9 Å². The maximum atomic E-state index is 10.7. The molecular weight excluding hydrogens is 220 g/mol. The number of nitriles is 1. The summed E-state index contributed by atoms with van der Waals surface area (Å²) in [7, 11) is 0. The van der Waals surface area contributed by atoms with Crippen LogP contribution in [0.15, 0.2) is 22.7 Å². The van der Waals surface area contributed by atoms with E-state index in [1.165, 1.54) is 6.07 Å². The lowest BCUT2D eigenvalue weighted by Gasteiger charge is -1.97. The minimum Gasteiger partial charge on any atom is -0.366 e. The van der Waals surface area contributed by atoms with Crippen LogP contribution in [0.25, 0.3) is 0 Å². The van der Waals surface area contributed by atoms with Gasteiger partial charge in [0.15, 0.2) is 0 Å². The lowest BCUT2D eigenvalue weighted by molar-refractivity contribution is 0.100. The molecule has 4 heteroatoms. The minimum absolute atomic E-state index is 0.342. The van der Waals surface area contributed by atoms with Gasteiger partial charge in [-0.3, -0.25) is 4.79 Å². The Labute approximate surface area is 77.9 Å². The van der Waals surface area contributed by atoms with Crippen LogP contribution in [0, 0.1) is 11.3 Å². The van der Waals surface area contributed by atoms with Gasteiger partial charge in [-0.1, -0.05) is 0 Å². The van der Waals surface area contributed by atoms with Gasteiger partial charge in [-0.25, -0.2) is 0 Å². The third-order valence-corrected chi connectivity index (χ3v) is 2.06. The predicted molar refractivity (Wildman–Crippen MR) is 47.4 cm³/mol. The van der Waals surface area contributed by atoms with E-state index in [1.807, 2.05) is 6.07 Å². The molecule has 0 aliphatic carbocycles. The lowest BCUT2D eigenvalue weighted by atomic mass is 10.1. The highest BCUT2D eigenvalue weighted by molar-refractivity contribution is 9.10. The van der Waals surface area contributed by atoms with Crippen LogP contribution in [0.5, 0.6) is 0 Å². The standard InChI is InChI=1S/C8H5BrN2O/c9-7-2-1-5(8(11)12)3-6(7)4-10/h1-3H,(H2,11,12). The number of hydrogen-bond acceptors (Lipinski definition) is 2. The molecule has 3 nitrogen and oxygen atoms in total. The van der Waals surface area contributed by atoms with Gasteiger partial charge in [0.25, 0.3) is 0 Å². The van der Waals surface area contributed by atoms with Crippen molar-refractivity contribution in [3.05, 3.63) is 33.8 Å². The second-order valence-electron chi connectivity index (χ2n) is 2.17. The van der Waals surface area contributed by atoms with Gasteiger partial charge in [0.05, 0.1) is 5.56 Å². The van der Waals surface area contributed by atoms with Crippen molar-refractivity contribution in [2.75, 3.05) is 0 Å². The van der Waals surface area contributed by atoms with Crippen molar-refractivity contribution in [3.63, 3.8) is 0 Å². The Kier molecular flexibility index (Phi) is 2.46. The third-order valence-electron chi connectivity index (χ3n) is 1.37. The number of carbonyl (C=O) groups excluding carboxylic acids is 1. The van der Waals surface area contributed by atoms with Crippen molar-refractivity contribution in [3.8, 4) is 6.07 Å². The van der Waals surface area contributed by atoms with Crippen molar-refractivity contribution in [1.29, 1.82) is 5.26 Å². The highest BCUT2D eigenvalue weighted by Gasteiger charge is 2.03. The van der Waals surface area contributed by atoms with Gasteiger partial charge >= 0.3 is 0 Å². The summed E-state index contributed by atoms with van der Waals surface area (Å²) < 4.78 is 0.662. The Morgan fingerprint density at radius 1 is 1.58 bits per heavy atom. The first-order valence-electron chi connectivity index (χ1n) is 3.14. The summed E-state index contributed by atoms with van der Waals surface area (Å²) in [5, 5.41) is 8.59. The first-order valence-corrected chi connectivity index (χ1v) is 3.94. The monoisotopic (exact) mass is 224 g/mol. The molecule has 0 saturated heterocycles. The van der Waals surface area contributed by atoms with Crippen LogP contribution in [-0.4, -0.2) is 5.91 Å². The van der Waals surface area contributed by atoms with Crippen LogP contribution in [0.2, 0.25) is 0 Å². The molecule has 0 unspecified atom stereocenters. The molecule has 2 N–H and O–H groups in total. The van der Waals surface area contributed by atoms with Gasteiger partial charge in [0.2, 0.25) is 5.91 Å². The van der Waals surface area contributed by atoms with E-state index in [1.54, 1.807) is 12.1 Å². The van der Waals surface area contributed by atoms with Crippen LogP contribution in [0.4, 0.5) is 0 Å².